The number of nitrogens with one attached hydrogen (secondary N) is 1. The zero-order valence-corrected chi connectivity index (χ0v) is 11.2. The van der Waals surface area contributed by atoms with Crippen LogP contribution in [0.1, 0.15) is 43.5 Å². The first-order valence-corrected chi connectivity index (χ1v) is 6.44. The third-order valence-electron chi connectivity index (χ3n) is 2.86. The maximum Gasteiger partial charge on any atom is 0.248 e. The van der Waals surface area contributed by atoms with Gasteiger partial charge in [0.05, 0.1) is 11.4 Å². The maximum atomic E-state index is 11.1. The Morgan fingerprint density at radius 3 is 2.67 bits per heavy atom. The van der Waals surface area contributed by atoms with Gasteiger partial charge in [0.15, 0.2) is 0 Å². The third-order valence-corrected chi connectivity index (χ3v) is 2.86. The number of amides is 1. The van der Waals surface area contributed by atoms with Crippen LogP contribution in [0.2, 0.25) is 0 Å². The molecule has 0 fully saturated rings. The first-order chi connectivity index (χ1) is 8.50. The molecular formula is C14H23N3O. The Hall–Kier alpha value is -1.71. The lowest BCUT2D eigenvalue weighted by Crippen LogP contribution is -2.12. The summed E-state index contributed by atoms with van der Waals surface area (Å²) in [4.78, 5) is 11.1. The summed E-state index contributed by atoms with van der Waals surface area (Å²) in [7, 11) is 0. The van der Waals surface area contributed by atoms with Gasteiger partial charge in [-0.3, -0.25) is 4.79 Å². The highest BCUT2D eigenvalue weighted by Crippen LogP contribution is 2.20. The Labute approximate surface area is 109 Å². The number of hydrogen-bond donors (Lipinski definition) is 3. The lowest BCUT2D eigenvalue weighted by Gasteiger charge is -2.10. The van der Waals surface area contributed by atoms with Gasteiger partial charge in [-0.1, -0.05) is 26.7 Å². The monoisotopic (exact) mass is 249 g/mol. The standard InChI is InChI=1S/C14H23N3O/c1-10(2)5-3-4-8-17-13-9-11(14(16)18)6-7-12(13)15/h6-7,9-10,17H,3-5,8,15H2,1-2H3,(H2,16,18). The summed E-state index contributed by atoms with van der Waals surface area (Å²) >= 11 is 0. The minimum Gasteiger partial charge on any atom is -0.397 e. The third kappa shape index (κ3) is 4.65. The smallest absolute Gasteiger partial charge is 0.248 e. The van der Waals surface area contributed by atoms with Crippen LogP contribution in [0.4, 0.5) is 11.4 Å². The Balaban J connectivity index is 2.46. The number of unbranched alkanes of at least 4 members (excludes halogenated alkanes) is 1. The molecule has 1 aromatic carbocycles. The van der Waals surface area contributed by atoms with E-state index in [0.717, 1.165) is 24.6 Å². The predicted octanol–water partition coefficient (Wildman–Crippen LogP) is 2.61. The number of carbonyl (C=O) groups excluding carboxylic acids is 1. The summed E-state index contributed by atoms with van der Waals surface area (Å²) in [6, 6.07) is 5.05. The van der Waals surface area contributed by atoms with E-state index < -0.39 is 5.91 Å². The summed E-state index contributed by atoms with van der Waals surface area (Å²) in [6.07, 6.45) is 3.52. The highest BCUT2D eigenvalue weighted by atomic mass is 16.1. The van der Waals surface area contributed by atoms with E-state index in [0.29, 0.717) is 11.3 Å². The van der Waals surface area contributed by atoms with Crippen molar-refractivity contribution in [2.45, 2.75) is 33.1 Å². The minimum atomic E-state index is -0.433. The van der Waals surface area contributed by atoms with Gasteiger partial charge in [0, 0.05) is 12.1 Å². The topological polar surface area (TPSA) is 81.1 Å². The molecule has 0 aliphatic heterocycles. The number of benzene rings is 1. The van der Waals surface area contributed by atoms with Crippen molar-refractivity contribution in [2.75, 3.05) is 17.6 Å². The number of hydrogen-bond acceptors (Lipinski definition) is 3. The highest BCUT2D eigenvalue weighted by molar-refractivity contribution is 5.94. The zero-order valence-electron chi connectivity index (χ0n) is 11.2. The second kappa shape index (κ2) is 6.89. The molecule has 0 aliphatic rings. The van der Waals surface area contributed by atoms with Crippen molar-refractivity contribution in [1.29, 1.82) is 0 Å². The molecule has 4 heteroatoms. The van der Waals surface area contributed by atoms with Crippen LogP contribution in [0.3, 0.4) is 0 Å². The zero-order chi connectivity index (χ0) is 13.5. The first-order valence-electron chi connectivity index (χ1n) is 6.44. The molecule has 0 aliphatic carbocycles. The lowest BCUT2D eigenvalue weighted by atomic mass is 10.1. The first kappa shape index (κ1) is 14.4. The van der Waals surface area contributed by atoms with E-state index in [-0.39, 0.29) is 0 Å². The Bertz CT molecular complexity index is 402. The van der Waals surface area contributed by atoms with Crippen LogP contribution in [-0.2, 0) is 0 Å². The van der Waals surface area contributed by atoms with Crippen molar-refractivity contribution in [3.05, 3.63) is 23.8 Å². The fourth-order valence-corrected chi connectivity index (χ4v) is 1.76. The summed E-state index contributed by atoms with van der Waals surface area (Å²) in [5, 5.41) is 3.25. The van der Waals surface area contributed by atoms with E-state index in [1.807, 2.05) is 0 Å². The van der Waals surface area contributed by atoms with Gasteiger partial charge in [0.2, 0.25) is 5.91 Å². The van der Waals surface area contributed by atoms with Gasteiger partial charge in [-0.2, -0.15) is 0 Å². The van der Waals surface area contributed by atoms with Crippen LogP contribution in [0.5, 0.6) is 0 Å². The summed E-state index contributed by atoms with van der Waals surface area (Å²) in [6.45, 7) is 5.31. The molecule has 0 bridgehead atoms. The van der Waals surface area contributed by atoms with Gasteiger partial charge in [-0.25, -0.2) is 0 Å². The number of carbonyl (C=O) groups is 1. The van der Waals surface area contributed by atoms with Gasteiger partial charge < -0.3 is 16.8 Å². The number of anilines is 2. The maximum absolute atomic E-state index is 11.1. The molecule has 0 atom stereocenters. The summed E-state index contributed by atoms with van der Waals surface area (Å²) < 4.78 is 0. The van der Waals surface area contributed by atoms with Crippen molar-refractivity contribution < 1.29 is 4.79 Å². The van der Waals surface area contributed by atoms with Crippen LogP contribution in [0.25, 0.3) is 0 Å². The van der Waals surface area contributed by atoms with Crippen molar-refractivity contribution in [3.63, 3.8) is 0 Å². The van der Waals surface area contributed by atoms with Gasteiger partial charge in [0.25, 0.3) is 0 Å². The molecule has 1 amide bonds. The number of nitrogen functional groups attached to an aromatic ring is 1. The normalized spacial score (nSPS) is 10.6. The summed E-state index contributed by atoms with van der Waals surface area (Å²) in [5.74, 6) is 0.311. The van der Waals surface area contributed by atoms with Crippen molar-refractivity contribution in [3.8, 4) is 0 Å². The van der Waals surface area contributed by atoms with Crippen molar-refractivity contribution >= 4 is 17.3 Å². The molecule has 100 valence electrons. The van der Waals surface area contributed by atoms with Gasteiger partial charge in [-0.05, 0) is 30.5 Å². The molecule has 1 aromatic rings. The second-order valence-electron chi connectivity index (χ2n) is 4.98. The highest BCUT2D eigenvalue weighted by Gasteiger charge is 2.04. The molecule has 0 radical (unpaired) electrons. The molecule has 0 saturated carbocycles. The number of primary amides is 1. The van der Waals surface area contributed by atoms with Gasteiger partial charge in [0.1, 0.15) is 0 Å². The molecular weight excluding hydrogens is 226 g/mol. The van der Waals surface area contributed by atoms with E-state index in [4.69, 9.17) is 11.5 Å². The van der Waals surface area contributed by atoms with E-state index in [1.165, 1.54) is 12.8 Å². The Kier molecular flexibility index (Phi) is 5.49. The Morgan fingerprint density at radius 2 is 2.06 bits per heavy atom. The van der Waals surface area contributed by atoms with E-state index in [9.17, 15) is 4.79 Å². The Morgan fingerprint density at radius 1 is 1.33 bits per heavy atom. The molecule has 0 saturated heterocycles. The average Bonchev–Trinajstić information content (AvgIpc) is 2.30. The molecule has 0 unspecified atom stereocenters. The predicted molar refractivity (Wildman–Crippen MR) is 76.6 cm³/mol. The fraction of sp³-hybridized carbons (Fsp3) is 0.500. The molecule has 5 N–H and O–H groups in total. The minimum absolute atomic E-state index is 0.433. The van der Waals surface area contributed by atoms with E-state index in [1.54, 1.807) is 18.2 Å². The van der Waals surface area contributed by atoms with Crippen LogP contribution < -0.4 is 16.8 Å². The van der Waals surface area contributed by atoms with Gasteiger partial charge >= 0.3 is 0 Å². The molecule has 18 heavy (non-hydrogen) atoms. The van der Waals surface area contributed by atoms with Crippen LogP contribution >= 0.6 is 0 Å². The van der Waals surface area contributed by atoms with E-state index in [2.05, 4.69) is 19.2 Å². The largest absolute Gasteiger partial charge is 0.397 e. The van der Waals surface area contributed by atoms with Crippen molar-refractivity contribution in [1.82, 2.24) is 0 Å². The summed E-state index contributed by atoms with van der Waals surface area (Å²) in [5.41, 5.74) is 13.0. The average molecular weight is 249 g/mol. The molecule has 0 heterocycles. The fourth-order valence-electron chi connectivity index (χ4n) is 1.76. The van der Waals surface area contributed by atoms with Crippen LogP contribution in [0, 0.1) is 5.92 Å². The quantitative estimate of drug-likeness (QED) is 0.513. The lowest BCUT2D eigenvalue weighted by molar-refractivity contribution is 0.100. The van der Waals surface area contributed by atoms with Crippen molar-refractivity contribution in [2.24, 2.45) is 11.7 Å². The molecule has 1 rings (SSSR count). The van der Waals surface area contributed by atoms with Gasteiger partial charge in [-0.15, -0.1) is 0 Å². The molecule has 0 spiro atoms. The SMILES string of the molecule is CC(C)CCCCNc1cc(C(N)=O)ccc1N. The number of rotatable bonds is 7. The van der Waals surface area contributed by atoms with Crippen LogP contribution in [-0.4, -0.2) is 12.5 Å². The second-order valence-corrected chi connectivity index (χ2v) is 4.98. The number of nitrogens with two attached hydrogens (primary N) is 2. The van der Waals surface area contributed by atoms with E-state index >= 15 is 0 Å². The molecule has 4 nitrogen and oxygen atoms in total. The molecule has 0 aromatic heterocycles. The van der Waals surface area contributed by atoms with Crippen LogP contribution in [0.15, 0.2) is 18.2 Å².